The Balaban J connectivity index is 1.88. The van der Waals surface area contributed by atoms with Gasteiger partial charge in [0, 0.05) is 30.5 Å². The number of rotatable bonds is 3. The normalized spacial score (nSPS) is 35.1. The Kier molecular flexibility index (Phi) is 3.08. The summed E-state index contributed by atoms with van der Waals surface area (Å²) in [6.45, 7) is 5.31. The van der Waals surface area contributed by atoms with E-state index < -0.39 is 0 Å². The van der Waals surface area contributed by atoms with Gasteiger partial charge in [-0.2, -0.15) is 0 Å². The summed E-state index contributed by atoms with van der Waals surface area (Å²) in [5.41, 5.74) is 0.0116. The van der Waals surface area contributed by atoms with Crippen LogP contribution in [0.1, 0.15) is 20.3 Å². The van der Waals surface area contributed by atoms with Crippen LogP contribution in [-0.4, -0.2) is 43.0 Å². The van der Waals surface area contributed by atoms with Crippen molar-refractivity contribution in [2.45, 2.75) is 32.4 Å². The lowest BCUT2D eigenvalue weighted by atomic mass is 9.57. The van der Waals surface area contributed by atoms with Gasteiger partial charge in [0.15, 0.2) is 0 Å². The summed E-state index contributed by atoms with van der Waals surface area (Å²) in [6.07, 6.45) is 1.31. The highest BCUT2D eigenvalue weighted by Gasteiger charge is 2.59. The number of amides is 2. The van der Waals surface area contributed by atoms with E-state index in [1.165, 1.54) is 0 Å². The van der Waals surface area contributed by atoms with Gasteiger partial charge in [-0.1, -0.05) is 13.8 Å². The third-order valence-corrected chi connectivity index (χ3v) is 3.78. The van der Waals surface area contributed by atoms with E-state index in [0.717, 1.165) is 13.0 Å². The fourth-order valence-corrected chi connectivity index (χ4v) is 2.98. The first-order valence-corrected chi connectivity index (χ1v) is 5.84. The molecule has 0 aromatic rings. The molecule has 0 bridgehead atoms. The third-order valence-electron chi connectivity index (χ3n) is 3.78. The molecule has 92 valence electrons. The molecule has 0 aromatic heterocycles. The lowest BCUT2D eigenvalue weighted by molar-refractivity contribution is -0.108. The molecule has 3 atom stereocenters. The average molecular weight is 228 g/mol. The molecule has 1 aliphatic carbocycles. The smallest absolute Gasteiger partial charge is 0.315 e. The van der Waals surface area contributed by atoms with Crippen LogP contribution in [0.5, 0.6) is 0 Å². The number of urea groups is 1. The van der Waals surface area contributed by atoms with Crippen molar-refractivity contribution in [1.29, 1.82) is 0 Å². The fraction of sp³-hybridized carbons (Fsp3) is 0.909. The highest BCUT2D eigenvalue weighted by molar-refractivity contribution is 5.74. The number of aliphatic hydroxyl groups is 1. The minimum atomic E-state index is -0.197. The molecule has 2 amide bonds. The number of aliphatic hydroxyl groups excluding tert-OH is 1. The summed E-state index contributed by atoms with van der Waals surface area (Å²) >= 11 is 0. The van der Waals surface area contributed by atoms with Gasteiger partial charge in [-0.3, -0.25) is 0 Å². The number of hydrogen-bond acceptors (Lipinski definition) is 3. The van der Waals surface area contributed by atoms with E-state index >= 15 is 0 Å². The molecule has 1 saturated heterocycles. The maximum atomic E-state index is 11.5. The van der Waals surface area contributed by atoms with E-state index in [0.29, 0.717) is 12.5 Å². The SMILES string of the molecule is CC1(C)C(NC(=O)NCCO)C2CCOC21. The Morgan fingerprint density at radius 2 is 2.31 bits per heavy atom. The minimum Gasteiger partial charge on any atom is -0.395 e. The third kappa shape index (κ3) is 1.78. The van der Waals surface area contributed by atoms with E-state index in [1.807, 2.05) is 0 Å². The molecule has 0 radical (unpaired) electrons. The highest BCUT2D eigenvalue weighted by Crippen LogP contribution is 2.51. The molecule has 3 N–H and O–H groups in total. The van der Waals surface area contributed by atoms with Gasteiger partial charge in [0.1, 0.15) is 0 Å². The van der Waals surface area contributed by atoms with Gasteiger partial charge < -0.3 is 20.5 Å². The molecule has 1 aliphatic heterocycles. The quantitative estimate of drug-likeness (QED) is 0.641. The first-order valence-electron chi connectivity index (χ1n) is 5.84. The Bertz CT molecular complexity index is 280. The van der Waals surface area contributed by atoms with Crippen molar-refractivity contribution in [3.63, 3.8) is 0 Å². The first-order chi connectivity index (χ1) is 7.57. The second-order valence-electron chi connectivity index (χ2n) is 5.17. The molecule has 1 saturated carbocycles. The van der Waals surface area contributed by atoms with Gasteiger partial charge in [0.25, 0.3) is 0 Å². The first kappa shape index (κ1) is 11.7. The lowest BCUT2D eigenvalue weighted by Gasteiger charge is -2.54. The molecule has 0 spiro atoms. The van der Waals surface area contributed by atoms with Crippen LogP contribution in [0.2, 0.25) is 0 Å². The molecule has 1 heterocycles. The maximum Gasteiger partial charge on any atom is 0.315 e. The van der Waals surface area contributed by atoms with Crippen LogP contribution >= 0.6 is 0 Å². The number of carbonyl (C=O) groups excluding carboxylic acids is 1. The van der Waals surface area contributed by atoms with Gasteiger partial charge in [-0.15, -0.1) is 0 Å². The highest BCUT2D eigenvalue weighted by atomic mass is 16.5. The van der Waals surface area contributed by atoms with Gasteiger partial charge >= 0.3 is 6.03 Å². The molecule has 3 unspecified atom stereocenters. The Morgan fingerprint density at radius 1 is 1.56 bits per heavy atom. The second kappa shape index (κ2) is 4.22. The molecule has 2 rings (SSSR count). The predicted molar refractivity (Wildman–Crippen MR) is 59.0 cm³/mol. The summed E-state index contributed by atoms with van der Waals surface area (Å²) in [5.74, 6) is 0.454. The van der Waals surface area contributed by atoms with Crippen molar-refractivity contribution >= 4 is 6.03 Å². The molecule has 2 aliphatic rings. The van der Waals surface area contributed by atoms with Crippen molar-refractivity contribution in [1.82, 2.24) is 10.6 Å². The molecule has 5 nitrogen and oxygen atoms in total. The summed E-state index contributed by atoms with van der Waals surface area (Å²) in [4.78, 5) is 11.5. The number of ether oxygens (including phenoxy) is 1. The number of hydrogen-bond donors (Lipinski definition) is 3. The van der Waals surface area contributed by atoms with Crippen LogP contribution in [0.3, 0.4) is 0 Å². The standard InChI is InChI=1S/C11H20N2O3/c1-11(2)8(7-3-6-16-9(7)11)13-10(15)12-4-5-14/h7-9,14H,3-6H2,1-2H3,(H2,12,13,15). The van der Waals surface area contributed by atoms with Gasteiger partial charge in [0.05, 0.1) is 12.7 Å². The van der Waals surface area contributed by atoms with E-state index in [4.69, 9.17) is 9.84 Å². The van der Waals surface area contributed by atoms with Crippen molar-refractivity contribution in [2.24, 2.45) is 11.3 Å². The number of fused-ring (bicyclic) bond motifs is 1. The van der Waals surface area contributed by atoms with Crippen LogP contribution in [0, 0.1) is 11.3 Å². The van der Waals surface area contributed by atoms with E-state index in [1.54, 1.807) is 0 Å². The second-order valence-corrected chi connectivity index (χ2v) is 5.17. The largest absolute Gasteiger partial charge is 0.395 e. The Morgan fingerprint density at radius 3 is 3.00 bits per heavy atom. The zero-order valence-electron chi connectivity index (χ0n) is 9.82. The molecular weight excluding hydrogens is 208 g/mol. The van der Waals surface area contributed by atoms with Crippen LogP contribution in [-0.2, 0) is 4.74 Å². The van der Waals surface area contributed by atoms with E-state index in [-0.39, 0.29) is 30.2 Å². The minimum absolute atomic E-state index is 0.0116. The van der Waals surface area contributed by atoms with Gasteiger partial charge in [-0.25, -0.2) is 4.79 Å². The number of carbonyl (C=O) groups is 1. The van der Waals surface area contributed by atoms with Crippen LogP contribution in [0.4, 0.5) is 4.79 Å². The van der Waals surface area contributed by atoms with E-state index in [9.17, 15) is 4.79 Å². The monoisotopic (exact) mass is 228 g/mol. The van der Waals surface area contributed by atoms with E-state index in [2.05, 4.69) is 24.5 Å². The maximum absolute atomic E-state index is 11.5. The van der Waals surface area contributed by atoms with Crippen molar-refractivity contribution < 1.29 is 14.6 Å². The Labute approximate surface area is 95.5 Å². The zero-order chi connectivity index (χ0) is 11.8. The van der Waals surface area contributed by atoms with Crippen molar-refractivity contribution in [3.05, 3.63) is 0 Å². The topological polar surface area (TPSA) is 70.6 Å². The summed E-state index contributed by atoms with van der Waals surface area (Å²) < 4.78 is 5.65. The fourth-order valence-electron chi connectivity index (χ4n) is 2.98. The average Bonchev–Trinajstić information content (AvgIpc) is 2.69. The molecule has 0 aromatic carbocycles. The molecule has 2 fully saturated rings. The summed E-state index contributed by atoms with van der Waals surface area (Å²) in [6, 6.07) is -0.0174. The van der Waals surface area contributed by atoms with Crippen LogP contribution in [0.25, 0.3) is 0 Å². The summed E-state index contributed by atoms with van der Waals surface area (Å²) in [7, 11) is 0. The predicted octanol–water partition coefficient (Wildman–Crippen LogP) is 0.0914. The Hall–Kier alpha value is -0.810. The van der Waals surface area contributed by atoms with Crippen LogP contribution < -0.4 is 10.6 Å². The van der Waals surface area contributed by atoms with Crippen molar-refractivity contribution in [3.8, 4) is 0 Å². The summed E-state index contributed by atoms with van der Waals surface area (Å²) in [5, 5.41) is 14.2. The molecular formula is C11H20N2O3. The molecule has 16 heavy (non-hydrogen) atoms. The van der Waals surface area contributed by atoms with Crippen molar-refractivity contribution in [2.75, 3.05) is 19.8 Å². The van der Waals surface area contributed by atoms with Gasteiger partial charge in [-0.05, 0) is 6.42 Å². The zero-order valence-corrected chi connectivity index (χ0v) is 9.82. The van der Waals surface area contributed by atoms with Gasteiger partial charge in [0.2, 0.25) is 0 Å². The lowest BCUT2D eigenvalue weighted by Crippen LogP contribution is -2.67. The number of nitrogens with one attached hydrogen (secondary N) is 2. The van der Waals surface area contributed by atoms with Crippen LogP contribution in [0.15, 0.2) is 0 Å². The molecule has 5 heteroatoms.